The van der Waals surface area contributed by atoms with Gasteiger partial charge >= 0.3 is 6.18 Å². The molecule has 1 aliphatic rings. The predicted molar refractivity (Wildman–Crippen MR) is 58.0 cm³/mol. The van der Waals surface area contributed by atoms with E-state index in [1.165, 1.54) is 12.8 Å². The molecule has 1 unspecified atom stereocenters. The van der Waals surface area contributed by atoms with E-state index in [0.717, 1.165) is 19.4 Å². The first-order valence-electron chi connectivity index (χ1n) is 6.14. The van der Waals surface area contributed by atoms with Crippen LogP contribution in [0.4, 0.5) is 13.2 Å². The van der Waals surface area contributed by atoms with Crippen LogP contribution in [0.25, 0.3) is 0 Å². The fourth-order valence-electron chi connectivity index (χ4n) is 2.11. The summed E-state index contributed by atoms with van der Waals surface area (Å²) < 4.78 is 41.1. The first-order chi connectivity index (χ1) is 8.53. The van der Waals surface area contributed by atoms with Crippen molar-refractivity contribution >= 4 is 0 Å². The Labute approximate surface area is 103 Å². The van der Waals surface area contributed by atoms with Crippen molar-refractivity contribution < 1.29 is 17.7 Å². The third kappa shape index (κ3) is 4.29. The van der Waals surface area contributed by atoms with Crippen LogP contribution in [0.2, 0.25) is 0 Å². The second-order valence-corrected chi connectivity index (χ2v) is 4.58. The van der Waals surface area contributed by atoms with Gasteiger partial charge in [-0.25, -0.2) is 0 Å². The van der Waals surface area contributed by atoms with E-state index < -0.39 is 12.6 Å². The minimum absolute atomic E-state index is 0.283. The van der Waals surface area contributed by atoms with E-state index in [0.29, 0.717) is 18.4 Å². The average Bonchev–Trinajstić information content (AvgIpc) is 2.73. The van der Waals surface area contributed by atoms with Gasteiger partial charge < -0.3 is 9.84 Å². The molecular weight excluding hydrogens is 247 g/mol. The highest BCUT2D eigenvalue weighted by atomic mass is 19.4. The number of aryl methyl sites for hydroxylation is 1. The van der Waals surface area contributed by atoms with E-state index in [1.54, 1.807) is 0 Å². The lowest BCUT2D eigenvalue weighted by Crippen LogP contribution is -2.34. The van der Waals surface area contributed by atoms with Gasteiger partial charge in [-0.3, -0.25) is 0 Å². The van der Waals surface area contributed by atoms with E-state index >= 15 is 0 Å². The van der Waals surface area contributed by atoms with Gasteiger partial charge in [-0.15, -0.1) is 0 Å². The molecule has 7 heteroatoms. The van der Waals surface area contributed by atoms with Crippen molar-refractivity contribution in [3.8, 4) is 0 Å². The smallest absolute Gasteiger partial charge is 0.339 e. The van der Waals surface area contributed by atoms with Crippen LogP contribution >= 0.6 is 0 Å². The second kappa shape index (κ2) is 5.69. The summed E-state index contributed by atoms with van der Waals surface area (Å²) >= 11 is 0. The van der Waals surface area contributed by atoms with Gasteiger partial charge in [0.25, 0.3) is 0 Å². The van der Waals surface area contributed by atoms with E-state index in [4.69, 9.17) is 4.52 Å². The Balaban J connectivity index is 1.79. The Bertz CT molecular complexity index is 372. The van der Waals surface area contributed by atoms with Crippen LogP contribution in [-0.4, -0.2) is 28.9 Å². The Kier molecular flexibility index (Phi) is 4.21. The molecule has 102 valence electrons. The first kappa shape index (κ1) is 13.3. The molecule has 1 atom stereocenters. The summed E-state index contributed by atoms with van der Waals surface area (Å²) in [5.41, 5.74) is 0. The van der Waals surface area contributed by atoms with Gasteiger partial charge in [0.2, 0.25) is 5.89 Å². The summed E-state index contributed by atoms with van der Waals surface area (Å²) in [4.78, 5) is 3.75. The highest BCUT2D eigenvalue weighted by Crippen LogP contribution is 2.20. The number of hydrogen-bond acceptors (Lipinski definition) is 4. The molecule has 1 N–H and O–H groups in total. The quantitative estimate of drug-likeness (QED) is 0.905. The normalized spacial score (nSPS) is 21.2. The fourth-order valence-corrected chi connectivity index (χ4v) is 2.11. The fraction of sp³-hybridized carbons (Fsp3) is 0.818. The third-order valence-corrected chi connectivity index (χ3v) is 2.99. The Morgan fingerprint density at radius 1 is 1.33 bits per heavy atom. The molecule has 0 bridgehead atoms. The van der Waals surface area contributed by atoms with Crippen LogP contribution in [0.1, 0.15) is 37.4 Å². The average molecular weight is 263 g/mol. The zero-order chi connectivity index (χ0) is 13.0. The summed E-state index contributed by atoms with van der Waals surface area (Å²) in [5, 5.41) is 6.70. The molecule has 0 spiro atoms. The SMILES string of the molecule is FC(F)(F)Cc1noc(CCC2CCCCN2)n1. The summed E-state index contributed by atoms with van der Waals surface area (Å²) in [6, 6.07) is 0.414. The first-order valence-corrected chi connectivity index (χ1v) is 6.14. The minimum atomic E-state index is -4.29. The molecule has 1 fully saturated rings. The summed E-state index contributed by atoms with van der Waals surface area (Å²) in [7, 11) is 0. The molecule has 0 amide bonds. The van der Waals surface area contributed by atoms with Crippen LogP contribution in [-0.2, 0) is 12.8 Å². The highest BCUT2D eigenvalue weighted by Gasteiger charge is 2.30. The number of halogens is 3. The van der Waals surface area contributed by atoms with E-state index in [1.807, 2.05) is 0 Å². The molecule has 0 aliphatic carbocycles. The molecule has 0 radical (unpaired) electrons. The Morgan fingerprint density at radius 3 is 2.83 bits per heavy atom. The zero-order valence-corrected chi connectivity index (χ0v) is 9.96. The number of piperidine rings is 1. The predicted octanol–water partition coefficient (Wildman–Crippen LogP) is 2.25. The van der Waals surface area contributed by atoms with Crippen LogP contribution in [0.3, 0.4) is 0 Å². The largest absolute Gasteiger partial charge is 0.396 e. The van der Waals surface area contributed by atoms with Crippen LogP contribution in [0, 0.1) is 0 Å². The van der Waals surface area contributed by atoms with Crippen molar-refractivity contribution in [2.45, 2.75) is 50.7 Å². The molecule has 0 aromatic carbocycles. The van der Waals surface area contributed by atoms with Gasteiger partial charge in [0.15, 0.2) is 5.82 Å². The maximum Gasteiger partial charge on any atom is 0.396 e. The van der Waals surface area contributed by atoms with E-state index in [2.05, 4.69) is 15.5 Å². The molecule has 1 saturated heterocycles. The van der Waals surface area contributed by atoms with Gasteiger partial charge in [-0.1, -0.05) is 11.6 Å². The van der Waals surface area contributed by atoms with Crippen molar-refractivity contribution in [1.29, 1.82) is 0 Å². The maximum atomic E-state index is 12.1. The van der Waals surface area contributed by atoms with Crippen molar-refractivity contribution in [3.63, 3.8) is 0 Å². The lowest BCUT2D eigenvalue weighted by atomic mass is 10.0. The molecule has 2 heterocycles. The minimum Gasteiger partial charge on any atom is -0.339 e. The molecule has 1 aromatic rings. The molecular formula is C11H16F3N3O. The number of aromatic nitrogens is 2. The number of nitrogens with one attached hydrogen (secondary N) is 1. The summed E-state index contributed by atoms with van der Waals surface area (Å²) in [5.74, 6) is 0.00993. The highest BCUT2D eigenvalue weighted by molar-refractivity contribution is 4.90. The number of nitrogens with zero attached hydrogens (tertiary/aromatic N) is 2. The van der Waals surface area contributed by atoms with Crippen LogP contribution < -0.4 is 5.32 Å². The van der Waals surface area contributed by atoms with Gasteiger partial charge in [-0.05, 0) is 25.8 Å². The maximum absolute atomic E-state index is 12.1. The van der Waals surface area contributed by atoms with Gasteiger partial charge in [0, 0.05) is 12.5 Å². The summed E-state index contributed by atoms with van der Waals surface area (Å²) in [6.45, 7) is 1.01. The van der Waals surface area contributed by atoms with Crippen molar-refractivity contribution in [1.82, 2.24) is 15.5 Å². The topological polar surface area (TPSA) is 51.0 Å². The van der Waals surface area contributed by atoms with E-state index in [9.17, 15) is 13.2 Å². The van der Waals surface area contributed by atoms with E-state index in [-0.39, 0.29) is 5.82 Å². The Hall–Kier alpha value is -1.11. The molecule has 1 aliphatic heterocycles. The van der Waals surface area contributed by atoms with Crippen molar-refractivity contribution in [3.05, 3.63) is 11.7 Å². The monoisotopic (exact) mass is 263 g/mol. The van der Waals surface area contributed by atoms with Gasteiger partial charge in [-0.2, -0.15) is 18.2 Å². The zero-order valence-electron chi connectivity index (χ0n) is 9.96. The van der Waals surface area contributed by atoms with Gasteiger partial charge in [0.1, 0.15) is 6.42 Å². The second-order valence-electron chi connectivity index (χ2n) is 4.58. The lowest BCUT2D eigenvalue weighted by Gasteiger charge is -2.22. The molecule has 2 rings (SSSR count). The number of alkyl halides is 3. The molecule has 0 saturated carbocycles. The third-order valence-electron chi connectivity index (χ3n) is 2.99. The standard InChI is InChI=1S/C11H16F3N3O/c12-11(13,14)7-9-16-10(18-17-9)5-4-8-3-1-2-6-15-8/h8,15H,1-7H2. The molecule has 4 nitrogen and oxygen atoms in total. The molecule has 18 heavy (non-hydrogen) atoms. The van der Waals surface area contributed by atoms with Gasteiger partial charge in [0.05, 0.1) is 0 Å². The van der Waals surface area contributed by atoms with Crippen LogP contribution in [0.15, 0.2) is 4.52 Å². The Morgan fingerprint density at radius 2 is 2.17 bits per heavy atom. The van der Waals surface area contributed by atoms with Crippen molar-refractivity contribution in [2.24, 2.45) is 0 Å². The lowest BCUT2D eigenvalue weighted by molar-refractivity contribution is -0.128. The summed E-state index contributed by atoms with van der Waals surface area (Å²) in [6.07, 6.45) is -0.572. The molecule has 1 aromatic heterocycles. The number of hydrogen-bond donors (Lipinski definition) is 1. The van der Waals surface area contributed by atoms with Crippen LogP contribution in [0.5, 0.6) is 0 Å². The number of rotatable bonds is 4. The van der Waals surface area contributed by atoms with Crippen molar-refractivity contribution in [2.75, 3.05) is 6.54 Å².